The van der Waals surface area contributed by atoms with Gasteiger partial charge in [-0.3, -0.25) is 0 Å². The van der Waals surface area contributed by atoms with Gasteiger partial charge in [-0.1, -0.05) is 12.2 Å². The van der Waals surface area contributed by atoms with Crippen molar-refractivity contribution < 1.29 is 18.0 Å². The van der Waals surface area contributed by atoms with E-state index in [2.05, 4.69) is 10.6 Å². The summed E-state index contributed by atoms with van der Waals surface area (Å²) in [6.07, 6.45) is -1.62. The Kier molecular flexibility index (Phi) is 4.36. The average molecular weight is 317 g/mol. The van der Waals surface area contributed by atoms with Crippen molar-refractivity contribution in [2.24, 2.45) is 5.73 Å². The normalized spacial score (nSPS) is 15.2. The molecule has 1 aromatic rings. The zero-order valence-corrected chi connectivity index (χ0v) is 11.8. The Bertz CT molecular complexity index is 570. The third-order valence-electron chi connectivity index (χ3n) is 3.30. The number of alkyl halides is 3. The van der Waals surface area contributed by atoms with Crippen LogP contribution in [0, 0.1) is 0 Å². The molecule has 1 aliphatic rings. The van der Waals surface area contributed by atoms with Crippen LogP contribution in [-0.4, -0.2) is 17.1 Å². The first-order chi connectivity index (χ1) is 9.77. The summed E-state index contributed by atoms with van der Waals surface area (Å²) in [5.41, 5.74) is 4.72. The molecule has 0 spiro atoms. The number of carbonyl (C=O) groups is 1. The number of nitrogens with two attached hydrogens (primary N) is 1. The van der Waals surface area contributed by atoms with Gasteiger partial charge in [0.15, 0.2) is 0 Å². The predicted molar refractivity (Wildman–Crippen MR) is 77.1 cm³/mol. The summed E-state index contributed by atoms with van der Waals surface area (Å²) in [7, 11) is 0. The van der Waals surface area contributed by atoms with Crippen LogP contribution in [0.25, 0.3) is 0 Å². The zero-order valence-electron chi connectivity index (χ0n) is 11.0. The van der Waals surface area contributed by atoms with Crippen LogP contribution < -0.4 is 16.4 Å². The Labute approximate surface area is 124 Å². The standard InChI is InChI=1S/C13H14F3N3OS/c14-13(15,16)7-4-5-10(9(6-7)11(17)21)19-12(20)18-8-2-1-3-8/h4-6,8H,1-3H2,(H2,17,21)(H2,18,19,20). The summed E-state index contributed by atoms with van der Waals surface area (Å²) >= 11 is 4.75. The number of thiocarbonyl (C=S) groups is 1. The number of anilines is 1. The van der Waals surface area contributed by atoms with Gasteiger partial charge in [0.25, 0.3) is 0 Å². The maximum atomic E-state index is 12.7. The molecule has 0 unspecified atom stereocenters. The number of rotatable bonds is 3. The van der Waals surface area contributed by atoms with Gasteiger partial charge < -0.3 is 16.4 Å². The average Bonchev–Trinajstić information content (AvgIpc) is 2.32. The van der Waals surface area contributed by atoms with E-state index in [1.54, 1.807) is 0 Å². The summed E-state index contributed by atoms with van der Waals surface area (Å²) in [5, 5.41) is 5.20. The quantitative estimate of drug-likeness (QED) is 0.751. The Hall–Kier alpha value is -1.83. The first-order valence-corrected chi connectivity index (χ1v) is 6.77. The van der Waals surface area contributed by atoms with E-state index in [1.165, 1.54) is 0 Å². The molecule has 114 valence electrons. The molecule has 0 saturated heterocycles. The van der Waals surface area contributed by atoms with Gasteiger partial charge in [-0.15, -0.1) is 0 Å². The van der Waals surface area contributed by atoms with Gasteiger partial charge in [0.1, 0.15) is 4.99 Å². The monoisotopic (exact) mass is 317 g/mol. The number of nitrogens with one attached hydrogen (secondary N) is 2. The van der Waals surface area contributed by atoms with Crippen LogP contribution in [0.1, 0.15) is 30.4 Å². The summed E-state index contributed by atoms with van der Waals surface area (Å²) in [5.74, 6) is 0. The highest BCUT2D eigenvalue weighted by Crippen LogP contribution is 2.32. The molecule has 1 aromatic carbocycles. The maximum Gasteiger partial charge on any atom is 0.416 e. The molecule has 1 fully saturated rings. The van der Waals surface area contributed by atoms with Crippen molar-refractivity contribution in [1.82, 2.24) is 5.32 Å². The van der Waals surface area contributed by atoms with Crippen LogP contribution in [0.4, 0.5) is 23.7 Å². The molecule has 1 aliphatic carbocycles. The van der Waals surface area contributed by atoms with Crippen LogP contribution in [-0.2, 0) is 6.18 Å². The lowest BCUT2D eigenvalue weighted by Gasteiger charge is -2.26. The fourth-order valence-corrected chi connectivity index (χ4v) is 2.10. The van der Waals surface area contributed by atoms with Crippen LogP contribution >= 0.6 is 12.2 Å². The highest BCUT2D eigenvalue weighted by atomic mass is 32.1. The van der Waals surface area contributed by atoms with Crippen molar-refractivity contribution in [3.05, 3.63) is 29.3 Å². The molecule has 0 aliphatic heterocycles. The van der Waals surface area contributed by atoms with Gasteiger partial charge in [0.2, 0.25) is 0 Å². The second kappa shape index (κ2) is 5.88. The maximum absolute atomic E-state index is 12.7. The van der Waals surface area contributed by atoms with Crippen molar-refractivity contribution in [2.45, 2.75) is 31.5 Å². The third-order valence-corrected chi connectivity index (χ3v) is 3.52. The topological polar surface area (TPSA) is 67.1 Å². The number of benzene rings is 1. The van der Waals surface area contributed by atoms with Crippen molar-refractivity contribution in [3.8, 4) is 0 Å². The first kappa shape index (κ1) is 15.6. The Morgan fingerprint density at radius 3 is 2.48 bits per heavy atom. The molecule has 2 amide bonds. The van der Waals surface area contributed by atoms with E-state index in [-0.39, 0.29) is 22.3 Å². The van der Waals surface area contributed by atoms with Crippen LogP contribution in [0.2, 0.25) is 0 Å². The lowest BCUT2D eigenvalue weighted by atomic mass is 9.93. The highest BCUT2D eigenvalue weighted by Gasteiger charge is 2.31. The molecule has 0 atom stereocenters. The number of hydrogen-bond acceptors (Lipinski definition) is 2. The van der Waals surface area contributed by atoms with Crippen LogP contribution in [0.3, 0.4) is 0 Å². The van der Waals surface area contributed by atoms with Crippen LogP contribution in [0.15, 0.2) is 18.2 Å². The molecule has 4 nitrogen and oxygen atoms in total. The molecular formula is C13H14F3N3OS. The van der Waals surface area contributed by atoms with Crippen LogP contribution in [0.5, 0.6) is 0 Å². The van der Waals surface area contributed by atoms with E-state index >= 15 is 0 Å². The van der Waals surface area contributed by atoms with Gasteiger partial charge in [-0.2, -0.15) is 13.2 Å². The van der Waals surface area contributed by atoms with Gasteiger partial charge in [-0.05, 0) is 37.5 Å². The first-order valence-electron chi connectivity index (χ1n) is 6.36. The third kappa shape index (κ3) is 3.84. The summed E-state index contributed by atoms with van der Waals surface area (Å²) < 4.78 is 38.0. The molecule has 0 radical (unpaired) electrons. The smallest absolute Gasteiger partial charge is 0.389 e. The van der Waals surface area contributed by atoms with Crippen molar-refractivity contribution in [1.29, 1.82) is 0 Å². The molecule has 8 heteroatoms. The minimum Gasteiger partial charge on any atom is -0.389 e. The Morgan fingerprint density at radius 1 is 1.33 bits per heavy atom. The predicted octanol–water partition coefficient (Wildman–Crippen LogP) is 3.01. The molecule has 1 saturated carbocycles. The Morgan fingerprint density at radius 2 is 2.00 bits per heavy atom. The van der Waals surface area contributed by atoms with Crippen molar-refractivity contribution in [3.63, 3.8) is 0 Å². The molecule has 0 aromatic heterocycles. The molecule has 4 N–H and O–H groups in total. The number of amides is 2. The van der Waals surface area contributed by atoms with E-state index in [9.17, 15) is 18.0 Å². The van der Waals surface area contributed by atoms with E-state index in [4.69, 9.17) is 18.0 Å². The number of halogens is 3. The molecule has 21 heavy (non-hydrogen) atoms. The number of carbonyl (C=O) groups excluding carboxylic acids is 1. The summed E-state index contributed by atoms with van der Waals surface area (Å²) in [6.45, 7) is 0. The second-order valence-electron chi connectivity index (χ2n) is 4.85. The lowest BCUT2D eigenvalue weighted by Crippen LogP contribution is -2.42. The SMILES string of the molecule is NC(=S)c1cc(C(F)(F)F)ccc1NC(=O)NC1CCC1. The fraction of sp³-hybridized carbons (Fsp3) is 0.385. The van der Waals surface area contributed by atoms with Crippen molar-refractivity contribution in [2.75, 3.05) is 5.32 Å². The van der Waals surface area contributed by atoms with Crippen molar-refractivity contribution >= 4 is 28.9 Å². The van der Waals surface area contributed by atoms with E-state index in [0.717, 1.165) is 37.5 Å². The summed E-state index contributed by atoms with van der Waals surface area (Å²) in [4.78, 5) is 11.5. The summed E-state index contributed by atoms with van der Waals surface area (Å²) in [6, 6.07) is 2.50. The van der Waals surface area contributed by atoms with E-state index in [1.807, 2.05) is 0 Å². The molecule has 0 heterocycles. The highest BCUT2D eigenvalue weighted by molar-refractivity contribution is 7.80. The molecule has 2 rings (SSSR count). The van der Waals surface area contributed by atoms with E-state index < -0.39 is 17.8 Å². The fourth-order valence-electron chi connectivity index (χ4n) is 1.93. The van der Waals surface area contributed by atoms with Gasteiger partial charge in [0, 0.05) is 11.6 Å². The second-order valence-corrected chi connectivity index (χ2v) is 5.29. The Balaban J connectivity index is 2.18. The number of hydrogen-bond donors (Lipinski definition) is 3. The number of urea groups is 1. The minimum absolute atomic E-state index is 0.0106. The molecular weight excluding hydrogens is 303 g/mol. The largest absolute Gasteiger partial charge is 0.416 e. The zero-order chi connectivity index (χ0) is 15.6. The van der Waals surface area contributed by atoms with Gasteiger partial charge in [0.05, 0.1) is 11.3 Å². The van der Waals surface area contributed by atoms with Gasteiger partial charge in [-0.25, -0.2) is 4.79 Å². The minimum atomic E-state index is -4.49. The molecule has 0 bridgehead atoms. The van der Waals surface area contributed by atoms with E-state index in [0.29, 0.717) is 0 Å². The lowest BCUT2D eigenvalue weighted by molar-refractivity contribution is -0.137. The van der Waals surface area contributed by atoms with Gasteiger partial charge >= 0.3 is 12.2 Å².